The van der Waals surface area contributed by atoms with Gasteiger partial charge in [-0.05, 0) is 18.8 Å². The molecule has 1 fully saturated rings. The van der Waals surface area contributed by atoms with E-state index in [0.29, 0.717) is 19.4 Å². The summed E-state index contributed by atoms with van der Waals surface area (Å²) in [6, 6.07) is -0.661. The molecule has 2 atom stereocenters. The molecule has 19 heavy (non-hydrogen) atoms. The molecule has 0 aromatic rings. The largest absolute Gasteiger partial charge is 0.494 e. The van der Waals surface area contributed by atoms with E-state index in [0.717, 1.165) is 6.26 Å². The quantitative estimate of drug-likeness (QED) is 0.626. The van der Waals surface area contributed by atoms with Gasteiger partial charge in [0.1, 0.15) is 0 Å². The van der Waals surface area contributed by atoms with E-state index >= 15 is 0 Å². The molecule has 0 radical (unpaired) electrons. The molecule has 1 amide bonds. The molecule has 7 nitrogen and oxygen atoms in total. The van der Waals surface area contributed by atoms with E-state index in [1.807, 2.05) is 13.8 Å². The van der Waals surface area contributed by atoms with Crippen molar-refractivity contribution in [2.45, 2.75) is 38.7 Å². The Bertz CT molecular complexity index is 428. The number of nitrogens with zero attached hydrogens (tertiary/aromatic N) is 1. The highest BCUT2D eigenvalue weighted by atomic mass is 32.2. The summed E-state index contributed by atoms with van der Waals surface area (Å²) in [7, 11) is -5.31. The first kappa shape index (κ1) is 16.4. The molecule has 0 saturated carbocycles. The number of hydrogen-bond acceptors (Lipinski definition) is 6. The van der Waals surface area contributed by atoms with Crippen LogP contribution in [0.1, 0.15) is 26.7 Å². The van der Waals surface area contributed by atoms with Gasteiger partial charge < -0.3 is 15.7 Å². The Morgan fingerprint density at radius 3 is 2.58 bits per heavy atom. The van der Waals surface area contributed by atoms with E-state index in [4.69, 9.17) is 5.73 Å². The fourth-order valence-electron chi connectivity index (χ4n) is 2.08. The van der Waals surface area contributed by atoms with Crippen LogP contribution >= 0.6 is 0 Å². The van der Waals surface area contributed by atoms with Crippen molar-refractivity contribution in [2.24, 2.45) is 11.7 Å². The first-order valence-electron chi connectivity index (χ1n) is 6.26. The van der Waals surface area contributed by atoms with Gasteiger partial charge in [-0.1, -0.05) is 13.8 Å². The van der Waals surface area contributed by atoms with Gasteiger partial charge in [0.05, 0.1) is 18.2 Å². The zero-order chi connectivity index (χ0) is 14.8. The maximum absolute atomic E-state index is 12.2. The van der Waals surface area contributed by atoms with Crippen molar-refractivity contribution in [3.63, 3.8) is 0 Å². The van der Waals surface area contributed by atoms with E-state index in [2.05, 4.69) is 4.10 Å². The van der Waals surface area contributed by atoms with Crippen LogP contribution in [0.15, 0.2) is 0 Å². The lowest BCUT2D eigenvalue weighted by Gasteiger charge is -2.29. The zero-order valence-electron chi connectivity index (χ0n) is 11.4. The minimum Gasteiger partial charge on any atom is -0.425 e. The van der Waals surface area contributed by atoms with Crippen LogP contribution < -0.4 is 5.73 Å². The van der Waals surface area contributed by atoms with Gasteiger partial charge in [0.2, 0.25) is 5.91 Å². The van der Waals surface area contributed by atoms with Crippen molar-refractivity contribution in [1.29, 1.82) is 0 Å². The standard InChI is InChI=1S/C10H21BN2O5S/c1-7(2)9(12)10(14)13-6-4-5-8(13)11(15)18-19(3,16)17/h7-9,15H,4-6,12H2,1-3H3/t8-,9-/m0/s1. The summed E-state index contributed by atoms with van der Waals surface area (Å²) in [5.74, 6) is -0.970. The van der Waals surface area contributed by atoms with Gasteiger partial charge in [-0.2, -0.15) is 0 Å². The summed E-state index contributed by atoms with van der Waals surface area (Å²) in [6.45, 7) is 4.11. The van der Waals surface area contributed by atoms with Gasteiger partial charge in [-0.3, -0.25) is 8.90 Å². The van der Waals surface area contributed by atoms with E-state index in [1.54, 1.807) is 0 Å². The number of hydrogen-bond donors (Lipinski definition) is 2. The van der Waals surface area contributed by atoms with E-state index in [9.17, 15) is 18.2 Å². The average Bonchev–Trinajstić information content (AvgIpc) is 2.73. The Balaban J connectivity index is 2.76. The van der Waals surface area contributed by atoms with Crippen LogP contribution in [0.3, 0.4) is 0 Å². The van der Waals surface area contributed by atoms with Crippen LogP contribution in [0.25, 0.3) is 0 Å². The SMILES string of the molecule is CC(C)[C@H](N)C(=O)N1CCC[C@H]1B(O)OS(C)(=O)=O. The van der Waals surface area contributed by atoms with Crippen LogP contribution in [0, 0.1) is 5.92 Å². The molecule has 0 unspecified atom stereocenters. The second-order valence-corrected chi connectivity index (χ2v) is 6.80. The maximum Gasteiger partial charge on any atom is 0.494 e. The number of nitrogens with two attached hydrogens (primary N) is 1. The fraction of sp³-hybridized carbons (Fsp3) is 0.900. The van der Waals surface area contributed by atoms with Crippen LogP contribution in [0.4, 0.5) is 0 Å². The molecule has 9 heteroatoms. The summed E-state index contributed by atoms with van der Waals surface area (Å²) in [5, 5.41) is 9.79. The van der Waals surface area contributed by atoms with Gasteiger partial charge in [-0.15, -0.1) is 0 Å². The molecule has 1 heterocycles. The Hall–Kier alpha value is -0.635. The molecule has 1 saturated heterocycles. The fourth-order valence-corrected chi connectivity index (χ4v) is 2.57. The van der Waals surface area contributed by atoms with Crippen molar-refractivity contribution < 1.29 is 22.3 Å². The van der Waals surface area contributed by atoms with E-state index < -0.39 is 29.2 Å². The minimum atomic E-state index is -3.77. The first-order valence-corrected chi connectivity index (χ1v) is 8.07. The second kappa shape index (κ2) is 6.21. The summed E-state index contributed by atoms with van der Waals surface area (Å²) in [5.41, 5.74) is 5.80. The second-order valence-electron chi connectivity index (χ2n) is 5.20. The molecule has 0 bridgehead atoms. The molecule has 0 spiro atoms. The molecule has 0 aromatic heterocycles. The van der Waals surface area contributed by atoms with Crippen molar-refractivity contribution in [1.82, 2.24) is 4.90 Å². The normalized spacial score (nSPS) is 21.8. The molecule has 0 aromatic carbocycles. The summed E-state index contributed by atoms with van der Waals surface area (Å²) in [4.78, 5) is 13.6. The minimum absolute atomic E-state index is 0.0262. The third kappa shape index (κ3) is 4.45. The van der Waals surface area contributed by atoms with Gasteiger partial charge >= 0.3 is 7.12 Å². The Morgan fingerprint density at radius 1 is 1.53 bits per heavy atom. The van der Waals surface area contributed by atoms with Crippen molar-refractivity contribution in [3.05, 3.63) is 0 Å². The monoisotopic (exact) mass is 292 g/mol. The van der Waals surface area contributed by atoms with Gasteiger partial charge in [0.25, 0.3) is 10.1 Å². The average molecular weight is 292 g/mol. The van der Waals surface area contributed by atoms with Crippen LogP contribution in [-0.4, -0.2) is 56.2 Å². The Morgan fingerprint density at radius 2 is 2.11 bits per heavy atom. The van der Waals surface area contributed by atoms with E-state index in [1.165, 1.54) is 4.90 Å². The van der Waals surface area contributed by atoms with Gasteiger partial charge in [0, 0.05) is 6.54 Å². The van der Waals surface area contributed by atoms with Crippen molar-refractivity contribution in [2.75, 3.05) is 12.8 Å². The molecular formula is C10H21BN2O5S. The van der Waals surface area contributed by atoms with E-state index in [-0.39, 0.29) is 11.8 Å². The maximum atomic E-state index is 12.2. The molecule has 1 aliphatic rings. The molecular weight excluding hydrogens is 271 g/mol. The lowest BCUT2D eigenvalue weighted by molar-refractivity contribution is -0.133. The third-order valence-electron chi connectivity index (χ3n) is 3.19. The van der Waals surface area contributed by atoms with Crippen molar-refractivity contribution in [3.8, 4) is 0 Å². The predicted molar refractivity (Wildman–Crippen MR) is 71.5 cm³/mol. The zero-order valence-corrected chi connectivity index (χ0v) is 12.3. The van der Waals surface area contributed by atoms with Crippen LogP contribution in [0.5, 0.6) is 0 Å². The number of carbonyl (C=O) groups is 1. The number of amides is 1. The number of carbonyl (C=O) groups excluding carboxylic acids is 1. The lowest BCUT2D eigenvalue weighted by atomic mass is 9.77. The first-order chi connectivity index (χ1) is 8.63. The smallest absolute Gasteiger partial charge is 0.425 e. The van der Waals surface area contributed by atoms with Gasteiger partial charge in [0.15, 0.2) is 0 Å². The predicted octanol–water partition coefficient (Wildman–Crippen LogP) is -1.04. The topological polar surface area (TPSA) is 110 Å². The lowest BCUT2D eigenvalue weighted by Crippen LogP contribution is -2.53. The highest BCUT2D eigenvalue weighted by molar-refractivity contribution is 7.86. The highest BCUT2D eigenvalue weighted by Crippen LogP contribution is 2.21. The number of likely N-dealkylation sites (tertiary alicyclic amines) is 1. The van der Waals surface area contributed by atoms with Gasteiger partial charge in [-0.25, -0.2) is 8.42 Å². The molecule has 1 aliphatic heterocycles. The summed E-state index contributed by atoms with van der Waals surface area (Å²) < 4.78 is 26.5. The highest BCUT2D eigenvalue weighted by Gasteiger charge is 2.42. The Labute approximate surface area is 114 Å². The third-order valence-corrected chi connectivity index (χ3v) is 3.74. The van der Waals surface area contributed by atoms with Crippen LogP contribution in [-0.2, 0) is 19.0 Å². The van der Waals surface area contributed by atoms with Crippen molar-refractivity contribution >= 4 is 23.1 Å². The molecule has 1 rings (SSSR count). The molecule has 0 aliphatic carbocycles. The number of rotatable bonds is 5. The van der Waals surface area contributed by atoms with Crippen LogP contribution in [0.2, 0.25) is 0 Å². The Kier molecular flexibility index (Phi) is 5.37. The summed E-state index contributed by atoms with van der Waals surface area (Å²) in [6.07, 6.45) is 2.04. The molecule has 3 N–H and O–H groups in total. The summed E-state index contributed by atoms with van der Waals surface area (Å²) >= 11 is 0. The molecule has 110 valence electrons.